The first kappa shape index (κ1) is 38.7. The molecule has 7 rings (SSSR count). The molecule has 3 aliphatic heterocycles. The molecule has 2 fully saturated rings. The van der Waals surface area contributed by atoms with Crippen LogP contribution in [0.15, 0.2) is 71.3 Å². The van der Waals surface area contributed by atoms with Gasteiger partial charge in [-0.2, -0.15) is 0 Å². The number of hydroxylamine groups is 2. The van der Waals surface area contributed by atoms with Crippen molar-refractivity contribution in [3.63, 3.8) is 0 Å². The van der Waals surface area contributed by atoms with Crippen molar-refractivity contribution in [3.8, 4) is 22.5 Å². The third kappa shape index (κ3) is 7.54. The standard InChI is InChI=1S/C44H58N8O3/c1-9-48(10-2)32-17-19-37-39(25-32)55-40-26-33(49(11-3)12-4)18-20-38(40)41(37)35-15-13-14-16-36(35)42(53)50-23-21-47(22-24-50)29-31-30-51(46-45-31)34-27-43(5,6)52(54)44(7,8)28-34/h13-20,25-26,30,34H,9-12,21-24,27-29H2,1-8H3. The van der Waals surface area contributed by atoms with Gasteiger partial charge in [0.05, 0.1) is 24.0 Å². The van der Waals surface area contributed by atoms with E-state index in [-0.39, 0.29) is 11.9 Å². The fraction of sp³-hybridized carbons (Fsp3) is 0.500. The maximum atomic E-state index is 14.5. The van der Waals surface area contributed by atoms with Crippen molar-refractivity contribution >= 4 is 22.6 Å². The molecule has 4 heterocycles. The fourth-order valence-electron chi connectivity index (χ4n) is 9.09. The Labute approximate surface area is 325 Å². The molecule has 55 heavy (non-hydrogen) atoms. The molecular weight excluding hydrogens is 689 g/mol. The monoisotopic (exact) mass is 746 g/mol. The van der Waals surface area contributed by atoms with Gasteiger partial charge < -0.3 is 24.5 Å². The minimum absolute atomic E-state index is 0.0396. The molecule has 11 heteroatoms. The van der Waals surface area contributed by atoms with Crippen LogP contribution in [-0.2, 0) is 6.54 Å². The number of nitrogens with zero attached hydrogens (tertiary/aromatic N) is 8. The van der Waals surface area contributed by atoms with Gasteiger partial charge in [0.15, 0.2) is 0 Å². The lowest BCUT2D eigenvalue weighted by Gasteiger charge is -2.59. The van der Waals surface area contributed by atoms with E-state index in [1.165, 1.54) is 5.06 Å². The summed E-state index contributed by atoms with van der Waals surface area (Å²) >= 11 is 0. The molecular formula is C44H58N8O3. The number of anilines is 1. The van der Waals surface area contributed by atoms with E-state index in [1.54, 1.807) is 0 Å². The van der Waals surface area contributed by atoms with Crippen LogP contribution in [0.1, 0.15) is 90.3 Å². The first-order chi connectivity index (χ1) is 26.4. The van der Waals surface area contributed by atoms with Crippen LogP contribution in [0.4, 0.5) is 5.69 Å². The molecule has 0 bridgehead atoms. The van der Waals surface area contributed by atoms with Gasteiger partial charge in [0.1, 0.15) is 24.4 Å². The number of hydrogen-bond acceptors (Lipinski definition) is 8. The number of benzene rings is 3. The summed E-state index contributed by atoms with van der Waals surface area (Å²) in [5.41, 5.74) is 5.51. The van der Waals surface area contributed by atoms with Crippen LogP contribution in [0.2, 0.25) is 0 Å². The first-order valence-electron chi connectivity index (χ1n) is 20.2. The molecule has 2 saturated heterocycles. The van der Waals surface area contributed by atoms with Gasteiger partial charge in [-0.25, -0.2) is 9.26 Å². The average Bonchev–Trinajstić information content (AvgIpc) is 3.65. The summed E-state index contributed by atoms with van der Waals surface area (Å²) < 4.78 is 11.0. The summed E-state index contributed by atoms with van der Waals surface area (Å²) in [6.07, 6.45) is 3.49. The normalized spacial score (nSPS) is 17.9. The van der Waals surface area contributed by atoms with Crippen LogP contribution in [0.25, 0.3) is 33.4 Å². The van der Waals surface area contributed by atoms with Crippen LogP contribution < -0.4 is 14.8 Å². The summed E-state index contributed by atoms with van der Waals surface area (Å²) in [4.78, 5) is 21.2. The summed E-state index contributed by atoms with van der Waals surface area (Å²) in [6.45, 7) is 23.7. The Hall–Kier alpha value is -4.58. The van der Waals surface area contributed by atoms with Crippen molar-refractivity contribution in [3.05, 3.63) is 88.7 Å². The second-order valence-electron chi connectivity index (χ2n) is 16.5. The quantitative estimate of drug-likeness (QED) is 0.110. The van der Waals surface area contributed by atoms with Crippen molar-refractivity contribution in [1.29, 1.82) is 0 Å². The van der Waals surface area contributed by atoms with Crippen LogP contribution in [0, 0.1) is 5.21 Å². The molecule has 0 saturated carbocycles. The number of fused-ring (bicyclic) bond motifs is 2. The van der Waals surface area contributed by atoms with E-state index in [9.17, 15) is 10.0 Å². The molecule has 1 aliphatic carbocycles. The fourth-order valence-corrected chi connectivity index (χ4v) is 9.09. The molecule has 0 unspecified atom stereocenters. The number of aromatic nitrogens is 3. The van der Waals surface area contributed by atoms with E-state index in [2.05, 4.69) is 94.8 Å². The third-order valence-corrected chi connectivity index (χ3v) is 11.9. The second kappa shape index (κ2) is 15.5. The van der Waals surface area contributed by atoms with Crippen LogP contribution in [0.3, 0.4) is 0 Å². The largest absolute Gasteiger partial charge is 0.784 e. The highest BCUT2D eigenvalue weighted by Gasteiger charge is 2.41. The van der Waals surface area contributed by atoms with E-state index in [0.29, 0.717) is 25.2 Å². The highest BCUT2D eigenvalue weighted by Crippen LogP contribution is 2.44. The molecule has 0 radical (unpaired) electrons. The molecule has 2 aromatic carbocycles. The van der Waals surface area contributed by atoms with Gasteiger partial charge in [-0.15, -0.1) is 5.10 Å². The Kier molecular flexibility index (Phi) is 10.9. The van der Waals surface area contributed by atoms with Gasteiger partial charge in [-0.1, -0.05) is 23.4 Å². The number of carbonyl (C=O) groups is 1. The van der Waals surface area contributed by atoms with Crippen molar-refractivity contribution in [1.82, 2.24) is 34.4 Å². The number of hydrogen-bond donors (Lipinski definition) is 0. The Bertz CT molecular complexity index is 2170. The average molecular weight is 747 g/mol. The Morgan fingerprint density at radius 3 is 2.25 bits per heavy atom. The molecule has 0 atom stereocenters. The number of carbonyl (C=O) groups excluding carboxylic acids is 1. The Morgan fingerprint density at radius 1 is 0.891 bits per heavy atom. The van der Waals surface area contributed by atoms with Crippen molar-refractivity contribution < 1.29 is 9.21 Å². The minimum Gasteiger partial charge on any atom is -0.784 e. The number of piperazine rings is 1. The van der Waals surface area contributed by atoms with E-state index >= 15 is 0 Å². The Balaban J connectivity index is 1.15. The van der Waals surface area contributed by atoms with Crippen LogP contribution in [-0.4, -0.2) is 99.2 Å². The molecule has 11 nitrogen and oxygen atoms in total. The zero-order valence-electron chi connectivity index (χ0n) is 34.0. The highest BCUT2D eigenvalue weighted by molar-refractivity contribution is 6.09. The van der Waals surface area contributed by atoms with E-state index < -0.39 is 11.1 Å². The highest BCUT2D eigenvalue weighted by atomic mass is 16.5. The molecule has 0 N–H and O–H groups in total. The van der Waals surface area contributed by atoms with E-state index in [0.717, 1.165) is 102 Å². The number of amides is 1. The van der Waals surface area contributed by atoms with Gasteiger partial charge in [-0.05, 0) is 98.1 Å². The summed E-state index contributed by atoms with van der Waals surface area (Å²) in [5.74, 6) is 0.845. The predicted octanol–water partition coefficient (Wildman–Crippen LogP) is 7.10. The summed E-state index contributed by atoms with van der Waals surface area (Å²) in [7, 11) is 0. The lowest BCUT2D eigenvalue weighted by molar-refractivity contribution is -0.0102. The Morgan fingerprint density at radius 2 is 1.58 bits per heavy atom. The molecule has 3 aromatic rings. The molecule has 4 aliphatic rings. The number of piperidine rings is 1. The third-order valence-electron chi connectivity index (χ3n) is 11.9. The molecule has 0 spiro atoms. The first-order valence-corrected chi connectivity index (χ1v) is 20.2. The van der Waals surface area contributed by atoms with Crippen molar-refractivity contribution in [2.45, 2.75) is 91.9 Å². The van der Waals surface area contributed by atoms with Crippen LogP contribution in [0.5, 0.6) is 0 Å². The van der Waals surface area contributed by atoms with E-state index in [1.807, 2.05) is 61.7 Å². The molecule has 1 amide bonds. The lowest BCUT2D eigenvalue weighted by Crippen LogP contribution is -2.57. The maximum absolute atomic E-state index is 14.5. The zero-order chi connectivity index (χ0) is 39.1. The van der Waals surface area contributed by atoms with Gasteiger partial charge >= 0.3 is 0 Å². The minimum atomic E-state index is -0.473. The van der Waals surface area contributed by atoms with E-state index in [4.69, 9.17) is 4.42 Å². The molecule has 292 valence electrons. The second-order valence-corrected chi connectivity index (χ2v) is 16.5. The molecule has 1 aromatic heterocycles. The van der Waals surface area contributed by atoms with Crippen LogP contribution >= 0.6 is 0 Å². The van der Waals surface area contributed by atoms with Crippen molar-refractivity contribution in [2.24, 2.45) is 0 Å². The van der Waals surface area contributed by atoms with Gasteiger partial charge in [0.2, 0.25) is 5.36 Å². The lowest BCUT2D eigenvalue weighted by atomic mass is 9.79. The SMILES string of the molecule is CCN(CC)c1ccc2c(-c3ccccc3C(=O)N3CCN(Cc4cn(C5CC(C)(C)N([O-])C(C)(C)C5)nn4)CC3)c3ccc(=[N+](CC)CC)cc-3oc2c1. The van der Waals surface area contributed by atoms with Crippen molar-refractivity contribution in [2.75, 3.05) is 57.3 Å². The zero-order valence-corrected chi connectivity index (χ0v) is 34.0. The predicted molar refractivity (Wildman–Crippen MR) is 221 cm³/mol. The van der Waals surface area contributed by atoms with Gasteiger partial charge in [0, 0.05) is 96.8 Å². The smallest absolute Gasteiger partial charge is 0.254 e. The van der Waals surface area contributed by atoms with Gasteiger partial charge in [0.25, 0.3) is 5.91 Å². The summed E-state index contributed by atoms with van der Waals surface area (Å²) in [6, 6.07) is 21.1. The van der Waals surface area contributed by atoms with Gasteiger partial charge in [-0.3, -0.25) is 9.69 Å². The number of rotatable bonds is 10. The maximum Gasteiger partial charge on any atom is 0.254 e. The summed E-state index contributed by atoms with van der Waals surface area (Å²) in [5, 5.41) is 25.3. The topological polar surface area (TPSA) is 100.0 Å².